The summed E-state index contributed by atoms with van der Waals surface area (Å²) in [7, 11) is 1.87. The zero-order valence-corrected chi connectivity index (χ0v) is 12.9. The highest BCUT2D eigenvalue weighted by Crippen LogP contribution is 2.27. The van der Waals surface area contributed by atoms with E-state index >= 15 is 0 Å². The van der Waals surface area contributed by atoms with Gasteiger partial charge < -0.3 is 5.32 Å². The van der Waals surface area contributed by atoms with Crippen LogP contribution < -0.4 is 5.32 Å². The van der Waals surface area contributed by atoms with Gasteiger partial charge in [0.1, 0.15) is 5.82 Å². The van der Waals surface area contributed by atoms with Gasteiger partial charge in [-0.25, -0.2) is 4.39 Å². The molecule has 0 saturated heterocycles. The normalized spacial score (nSPS) is 12.4. The number of hydrogen-bond acceptors (Lipinski definition) is 1. The minimum Gasteiger partial charge on any atom is -0.313 e. The predicted molar refractivity (Wildman–Crippen MR) is 83.1 cm³/mol. The fourth-order valence-corrected chi connectivity index (χ4v) is 2.78. The van der Waals surface area contributed by atoms with Crippen molar-refractivity contribution in [3.8, 4) is 0 Å². The molecular formula is C16H16Cl2FN. The molecule has 20 heavy (non-hydrogen) atoms. The van der Waals surface area contributed by atoms with Crippen LogP contribution >= 0.6 is 23.2 Å². The van der Waals surface area contributed by atoms with Crippen LogP contribution in [0.4, 0.5) is 4.39 Å². The van der Waals surface area contributed by atoms with Crippen molar-refractivity contribution in [3.05, 3.63) is 69.0 Å². The lowest BCUT2D eigenvalue weighted by Gasteiger charge is -2.18. The molecule has 2 rings (SSSR count). The molecule has 0 spiro atoms. The summed E-state index contributed by atoms with van der Waals surface area (Å²) >= 11 is 12.1. The second-order valence-electron chi connectivity index (χ2n) is 4.82. The maximum Gasteiger partial charge on any atom is 0.142 e. The number of likely N-dealkylation sites (N-methyl/N-ethyl adjacent to an activating group) is 1. The second-order valence-corrected chi connectivity index (χ2v) is 5.63. The Bertz CT molecular complexity index is 593. The third kappa shape index (κ3) is 3.51. The molecule has 0 radical (unpaired) electrons. The van der Waals surface area contributed by atoms with Crippen molar-refractivity contribution < 1.29 is 4.39 Å². The van der Waals surface area contributed by atoms with Crippen molar-refractivity contribution in [2.75, 3.05) is 7.05 Å². The van der Waals surface area contributed by atoms with Crippen LogP contribution in [-0.4, -0.2) is 7.05 Å². The van der Waals surface area contributed by atoms with Crippen molar-refractivity contribution in [3.63, 3.8) is 0 Å². The second kappa shape index (κ2) is 6.57. The van der Waals surface area contributed by atoms with Crippen LogP contribution in [0.5, 0.6) is 0 Å². The summed E-state index contributed by atoms with van der Waals surface area (Å²) < 4.78 is 13.5. The van der Waals surface area contributed by atoms with Gasteiger partial charge >= 0.3 is 0 Å². The first-order valence-electron chi connectivity index (χ1n) is 6.38. The van der Waals surface area contributed by atoms with E-state index < -0.39 is 0 Å². The van der Waals surface area contributed by atoms with E-state index in [0.717, 1.165) is 16.7 Å². The molecule has 1 unspecified atom stereocenters. The van der Waals surface area contributed by atoms with Gasteiger partial charge in [-0.1, -0.05) is 41.4 Å². The molecule has 0 aliphatic heterocycles. The summed E-state index contributed by atoms with van der Waals surface area (Å²) in [6.07, 6.45) is 0.604. The molecule has 0 amide bonds. The molecular weight excluding hydrogens is 296 g/mol. The summed E-state index contributed by atoms with van der Waals surface area (Å²) in [6.45, 7) is 2.00. The van der Waals surface area contributed by atoms with Crippen molar-refractivity contribution in [1.29, 1.82) is 0 Å². The van der Waals surface area contributed by atoms with Crippen molar-refractivity contribution in [2.45, 2.75) is 19.4 Å². The van der Waals surface area contributed by atoms with E-state index in [-0.39, 0.29) is 16.9 Å². The fraction of sp³-hybridized carbons (Fsp3) is 0.250. The standard InChI is InChI=1S/C16H16Cl2FN/c1-10-6-12(8-13(17)7-10)15(20-2)9-11-4-3-5-14(19)16(11)18/h3-8,15,20H,9H2,1-2H3. The molecule has 1 atom stereocenters. The van der Waals surface area contributed by atoms with E-state index in [2.05, 4.69) is 11.4 Å². The topological polar surface area (TPSA) is 12.0 Å². The van der Waals surface area contributed by atoms with Gasteiger partial charge in [0.25, 0.3) is 0 Å². The Kier molecular flexibility index (Phi) is 5.03. The lowest BCUT2D eigenvalue weighted by molar-refractivity contribution is 0.584. The molecule has 0 aromatic heterocycles. The van der Waals surface area contributed by atoms with Gasteiger partial charge in [0.2, 0.25) is 0 Å². The Morgan fingerprint density at radius 2 is 1.95 bits per heavy atom. The molecule has 4 heteroatoms. The Balaban J connectivity index is 2.31. The smallest absolute Gasteiger partial charge is 0.142 e. The number of hydrogen-bond donors (Lipinski definition) is 1. The van der Waals surface area contributed by atoms with Crippen LogP contribution in [0, 0.1) is 12.7 Å². The average molecular weight is 312 g/mol. The lowest BCUT2D eigenvalue weighted by Crippen LogP contribution is -2.19. The zero-order valence-electron chi connectivity index (χ0n) is 11.4. The molecule has 0 fully saturated rings. The van der Waals surface area contributed by atoms with Gasteiger partial charge in [0, 0.05) is 11.1 Å². The largest absolute Gasteiger partial charge is 0.313 e. The fourth-order valence-electron chi connectivity index (χ4n) is 2.28. The van der Waals surface area contributed by atoms with Crippen LogP contribution in [0.1, 0.15) is 22.7 Å². The third-order valence-corrected chi connectivity index (χ3v) is 3.91. The van der Waals surface area contributed by atoms with E-state index in [0.29, 0.717) is 11.4 Å². The number of benzene rings is 2. The molecule has 2 aromatic rings. The highest BCUT2D eigenvalue weighted by Gasteiger charge is 2.14. The van der Waals surface area contributed by atoms with Gasteiger partial charge in [-0.15, -0.1) is 0 Å². The zero-order chi connectivity index (χ0) is 14.7. The Morgan fingerprint density at radius 1 is 1.20 bits per heavy atom. The van der Waals surface area contributed by atoms with Crippen LogP contribution in [0.3, 0.4) is 0 Å². The van der Waals surface area contributed by atoms with E-state index in [4.69, 9.17) is 23.2 Å². The number of nitrogens with one attached hydrogen (secondary N) is 1. The monoisotopic (exact) mass is 311 g/mol. The van der Waals surface area contributed by atoms with E-state index in [1.54, 1.807) is 6.07 Å². The lowest BCUT2D eigenvalue weighted by atomic mass is 9.97. The highest BCUT2D eigenvalue weighted by molar-refractivity contribution is 6.31. The maximum atomic E-state index is 13.5. The molecule has 0 aliphatic carbocycles. The Labute approximate surface area is 128 Å². The summed E-state index contributed by atoms with van der Waals surface area (Å²) in [4.78, 5) is 0. The van der Waals surface area contributed by atoms with E-state index in [9.17, 15) is 4.39 Å². The predicted octanol–water partition coefficient (Wildman–Crippen LogP) is 4.94. The molecule has 1 nitrogen and oxygen atoms in total. The quantitative estimate of drug-likeness (QED) is 0.843. The summed E-state index contributed by atoms with van der Waals surface area (Å²) in [5.41, 5.74) is 2.94. The summed E-state index contributed by atoms with van der Waals surface area (Å²) in [6, 6.07) is 10.8. The van der Waals surface area contributed by atoms with Gasteiger partial charge in [-0.3, -0.25) is 0 Å². The first-order valence-corrected chi connectivity index (χ1v) is 7.14. The van der Waals surface area contributed by atoms with Crippen molar-refractivity contribution >= 4 is 23.2 Å². The Hall–Kier alpha value is -1.09. The minimum atomic E-state index is -0.388. The van der Waals surface area contributed by atoms with E-state index in [1.165, 1.54) is 6.07 Å². The molecule has 0 heterocycles. The van der Waals surface area contributed by atoms with Crippen molar-refractivity contribution in [1.82, 2.24) is 5.32 Å². The molecule has 1 N–H and O–H groups in total. The number of halogens is 3. The first-order chi connectivity index (χ1) is 9.51. The number of aryl methyl sites for hydroxylation is 1. The van der Waals surface area contributed by atoms with Crippen molar-refractivity contribution in [2.24, 2.45) is 0 Å². The van der Waals surface area contributed by atoms with Crippen LogP contribution in [0.2, 0.25) is 10.0 Å². The van der Waals surface area contributed by atoms with Crippen LogP contribution in [0.15, 0.2) is 36.4 Å². The molecule has 0 saturated carbocycles. The Morgan fingerprint density at radius 3 is 2.60 bits per heavy atom. The highest BCUT2D eigenvalue weighted by atomic mass is 35.5. The van der Waals surface area contributed by atoms with Crippen LogP contribution in [0.25, 0.3) is 0 Å². The van der Waals surface area contributed by atoms with E-state index in [1.807, 2.05) is 32.2 Å². The molecule has 0 aliphatic rings. The van der Waals surface area contributed by atoms with Gasteiger partial charge in [0.15, 0.2) is 0 Å². The molecule has 0 bridgehead atoms. The number of rotatable bonds is 4. The third-order valence-electron chi connectivity index (χ3n) is 3.27. The minimum absolute atomic E-state index is 0.0340. The first kappa shape index (κ1) is 15.3. The SMILES string of the molecule is CNC(Cc1cccc(F)c1Cl)c1cc(C)cc(Cl)c1. The summed E-state index contributed by atoms with van der Waals surface area (Å²) in [5.74, 6) is -0.388. The molecule has 2 aromatic carbocycles. The summed E-state index contributed by atoms with van der Waals surface area (Å²) in [5, 5.41) is 4.11. The maximum absolute atomic E-state index is 13.5. The van der Waals surface area contributed by atoms with Gasteiger partial charge in [-0.2, -0.15) is 0 Å². The van der Waals surface area contributed by atoms with Crippen LogP contribution in [-0.2, 0) is 6.42 Å². The molecule has 106 valence electrons. The van der Waals surface area contributed by atoms with Gasteiger partial charge in [0.05, 0.1) is 5.02 Å². The average Bonchev–Trinajstić information content (AvgIpc) is 2.39. The van der Waals surface area contributed by atoms with Gasteiger partial charge in [-0.05, 0) is 55.3 Å².